The van der Waals surface area contributed by atoms with Crippen molar-refractivity contribution < 1.29 is 0 Å². The summed E-state index contributed by atoms with van der Waals surface area (Å²) in [6.45, 7) is 0. The quantitative estimate of drug-likeness (QED) is 0.561. The number of halogens is 1. The zero-order valence-corrected chi connectivity index (χ0v) is 13.0. The SMILES string of the molecule is NNC(Cc1nccs1)c1nc2ccccc2cc1Br. The predicted octanol–water partition coefficient (Wildman–Crippen LogP) is 3.20. The van der Waals surface area contributed by atoms with Crippen molar-refractivity contribution in [3.63, 3.8) is 0 Å². The smallest absolute Gasteiger partial charge is 0.0944 e. The summed E-state index contributed by atoms with van der Waals surface area (Å²) in [5, 5.41) is 4.11. The molecule has 1 atom stereocenters. The lowest BCUT2D eigenvalue weighted by atomic mass is 10.1. The van der Waals surface area contributed by atoms with Gasteiger partial charge in [-0.25, -0.2) is 9.97 Å². The molecule has 0 amide bonds. The molecule has 0 aliphatic rings. The highest BCUT2D eigenvalue weighted by atomic mass is 79.9. The minimum Gasteiger partial charge on any atom is -0.271 e. The van der Waals surface area contributed by atoms with Gasteiger partial charge in [0.15, 0.2) is 0 Å². The van der Waals surface area contributed by atoms with E-state index in [0.717, 1.165) is 32.5 Å². The summed E-state index contributed by atoms with van der Waals surface area (Å²) in [4.78, 5) is 9.02. The highest BCUT2D eigenvalue weighted by Gasteiger charge is 2.17. The van der Waals surface area contributed by atoms with E-state index in [1.54, 1.807) is 17.5 Å². The fourth-order valence-electron chi connectivity index (χ4n) is 2.11. The fraction of sp³-hybridized carbons (Fsp3) is 0.143. The molecule has 0 saturated heterocycles. The molecule has 3 rings (SSSR count). The van der Waals surface area contributed by atoms with Crippen LogP contribution in [0.25, 0.3) is 10.9 Å². The number of nitrogens with one attached hydrogen (secondary N) is 1. The molecule has 4 nitrogen and oxygen atoms in total. The maximum Gasteiger partial charge on any atom is 0.0944 e. The summed E-state index contributed by atoms with van der Waals surface area (Å²) >= 11 is 5.21. The van der Waals surface area contributed by atoms with Crippen LogP contribution in [0.2, 0.25) is 0 Å². The summed E-state index contributed by atoms with van der Waals surface area (Å²) < 4.78 is 0.954. The molecule has 1 unspecified atom stereocenters. The Hall–Kier alpha value is -1.34. The van der Waals surface area contributed by atoms with E-state index >= 15 is 0 Å². The van der Waals surface area contributed by atoms with Crippen molar-refractivity contribution in [2.45, 2.75) is 12.5 Å². The molecule has 0 spiro atoms. The van der Waals surface area contributed by atoms with Crippen molar-refractivity contribution in [3.8, 4) is 0 Å². The maximum atomic E-state index is 5.70. The summed E-state index contributed by atoms with van der Waals surface area (Å²) in [6.07, 6.45) is 2.52. The van der Waals surface area contributed by atoms with Gasteiger partial charge in [-0.1, -0.05) is 18.2 Å². The lowest BCUT2D eigenvalue weighted by Gasteiger charge is -2.16. The fourth-order valence-corrected chi connectivity index (χ4v) is 3.39. The highest BCUT2D eigenvalue weighted by molar-refractivity contribution is 9.10. The van der Waals surface area contributed by atoms with Gasteiger partial charge in [0.2, 0.25) is 0 Å². The summed E-state index contributed by atoms with van der Waals surface area (Å²) in [5.74, 6) is 5.70. The maximum absolute atomic E-state index is 5.70. The van der Waals surface area contributed by atoms with E-state index in [9.17, 15) is 0 Å². The molecule has 2 aromatic heterocycles. The first kappa shape index (κ1) is 13.6. The minimum absolute atomic E-state index is 0.0693. The molecule has 6 heteroatoms. The van der Waals surface area contributed by atoms with Gasteiger partial charge in [-0.15, -0.1) is 11.3 Å². The van der Waals surface area contributed by atoms with Crippen molar-refractivity contribution in [1.82, 2.24) is 15.4 Å². The van der Waals surface area contributed by atoms with Crippen LogP contribution in [0.1, 0.15) is 16.7 Å². The third kappa shape index (κ3) is 2.73. The van der Waals surface area contributed by atoms with Crippen LogP contribution in [0.15, 0.2) is 46.4 Å². The number of nitrogens with zero attached hydrogens (tertiary/aromatic N) is 2. The lowest BCUT2D eigenvalue weighted by molar-refractivity contribution is 0.536. The van der Waals surface area contributed by atoms with Gasteiger partial charge in [-0.05, 0) is 28.1 Å². The number of hydrogen-bond donors (Lipinski definition) is 2. The van der Waals surface area contributed by atoms with Gasteiger partial charge in [-0.2, -0.15) is 0 Å². The van der Waals surface area contributed by atoms with Crippen LogP contribution >= 0.6 is 27.3 Å². The molecule has 102 valence electrons. The summed E-state index contributed by atoms with van der Waals surface area (Å²) in [7, 11) is 0. The van der Waals surface area contributed by atoms with Crippen molar-refractivity contribution in [2.24, 2.45) is 5.84 Å². The highest BCUT2D eigenvalue weighted by Crippen LogP contribution is 2.28. The summed E-state index contributed by atoms with van der Waals surface area (Å²) in [5.41, 5.74) is 4.70. The van der Waals surface area contributed by atoms with Crippen LogP contribution in [-0.4, -0.2) is 9.97 Å². The van der Waals surface area contributed by atoms with Gasteiger partial charge < -0.3 is 0 Å². The lowest BCUT2D eigenvalue weighted by Crippen LogP contribution is -2.30. The van der Waals surface area contributed by atoms with E-state index in [0.29, 0.717) is 0 Å². The van der Waals surface area contributed by atoms with Gasteiger partial charge in [0.1, 0.15) is 0 Å². The average molecular weight is 349 g/mol. The number of fused-ring (bicyclic) bond motifs is 1. The number of benzene rings is 1. The Balaban J connectivity index is 2.00. The van der Waals surface area contributed by atoms with Crippen LogP contribution in [0.3, 0.4) is 0 Å². The zero-order valence-electron chi connectivity index (χ0n) is 10.6. The third-order valence-electron chi connectivity index (χ3n) is 3.10. The molecule has 20 heavy (non-hydrogen) atoms. The van der Waals surface area contributed by atoms with E-state index in [2.05, 4.69) is 32.4 Å². The van der Waals surface area contributed by atoms with Crippen LogP contribution in [0.4, 0.5) is 0 Å². The molecule has 0 bridgehead atoms. The Morgan fingerprint density at radius 1 is 1.35 bits per heavy atom. The number of nitrogens with two attached hydrogens (primary N) is 1. The molecule has 0 aliphatic heterocycles. The summed E-state index contributed by atoms with van der Waals surface area (Å²) in [6, 6.07) is 10.0. The standard InChI is InChI=1S/C14H13BrN4S/c15-10-7-9-3-1-2-4-11(9)18-14(10)12(19-16)8-13-17-5-6-20-13/h1-7,12,19H,8,16H2. The number of hydrogen-bond acceptors (Lipinski definition) is 5. The van der Waals surface area contributed by atoms with Crippen molar-refractivity contribution in [3.05, 3.63) is 57.1 Å². The minimum atomic E-state index is -0.0693. The van der Waals surface area contributed by atoms with Gasteiger partial charge in [-0.3, -0.25) is 11.3 Å². The average Bonchev–Trinajstić information content (AvgIpc) is 2.97. The van der Waals surface area contributed by atoms with E-state index in [-0.39, 0.29) is 6.04 Å². The van der Waals surface area contributed by atoms with E-state index < -0.39 is 0 Å². The molecular weight excluding hydrogens is 336 g/mol. The van der Waals surface area contributed by atoms with E-state index in [4.69, 9.17) is 10.8 Å². The topological polar surface area (TPSA) is 63.8 Å². The first-order valence-corrected chi connectivity index (χ1v) is 7.85. The van der Waals surface area contributed by atoms with E-state index in [1.165, 1.54) is 0 Å². The monoisotopic (exact) mass is 348 g/mol. The van der Waals surface area contributed by atoms with Crippen molar-refractivity contribution in [2.75, 3.05) is 0 Å². The first-order valence-electron chi connectivity index (χ1n) is 6.17. The number of hydrazine groups is 1. The Kier molecular flexibility index (Phi) is 4.07. The molecule has 1 aromatic carbocycles. The third-order valence-corrected chi connectivity index (χ3v) is 4.54. The van der Waals surface area contributed by atoms with Gasteiger partial charge in [0.05, 0.1) is 22.3 Å². The Bertz CT molecular complexity index is 714. The molecule has 0 aliphatic carbocycles. The normalized spacial score (nSPS) is 12.7. The van der Waals surface area contributed by atoms with E-state index in [1.807, 2.05) is 29.6 Å². The van der Waals surface area contributed by atoms with Crippen LogP contribution in [0.5, 0.6) is 0 Å². The second kappa shape index (κ2) is 5.97. The molecule has 0 saturated carbocycles. The molecule has 2 heterocycles. The number of pyridine rings is 1. The second-order valence-corrected chi connectivity index (χ2v) is 6.23. The molecule has 0 fully saturated rings. The second-order valence-electron chi connectivity index (χ2n) is 4.40. The predicted molar refractivity (Wildman–Crippen MR) is 85.3 cm³/mol. The van der Waals surface area contributed by atoms with Crippen LogP contribution in [0, 0.1) is 0 Å². The van der Waals surface area contributed by atoms with Crippen molar-refractivity contribution in [1.29, 1.82) is 0 Å². The van der Waals surface area contributed by atoms with Gasteiger partial charge in [0, 0.05) is 27.9 Å². The largest absolute Gasteiger partial charge is 0.271 e. The first-order chi connectivity index (χ1) is 9.78. The number of rotatable bonds is 4. The Labute approximate surface area is 129 Å². The van der Waals surface area contributed by atoms with Crippen molar-refractivity contribution >= 4 is 38.2 Å². The Morgan fingerprint density at radius 2 is 2.20 bits per heavy atom. The van der Waals surface area contributed by atoms with Crippen LogP contribution < -0.4 is 11.3 Å². The molecule has 3 N–H and O–H groups in total. The van der Waals surface area contributed by atoms with Gasteiger partial charge in [0.25, 0.3) is 0 Å². The van der Waals surface area contributed by atoms with Gasteiger partial charge >= 0.3 is 0 Å². The van der Waals surface area contributed by atoms with Crippen LogP contribution in [-0.2, 0) is 6.42 Å². The number of aromatic nitrogens is 2. The molecular formula is C14H13BrN4S. The Morgan fingerprint density at radius 3 is 2.95 bits per heavy atom. The molecule has 0 radical (unpaired) electrons. The number of para-hydroxylation sites is 1. The molecule has 3 aromatic rings. The zero-order chi connectivity index (χ0) is 13.9. The number of thiazole rings is 1.